The molecule has 6 aromatic heterocycles. The fourth-order valence-corrected chi connectivity index (χ4v) is 14.4. The maximum absolute atomic E-state index is 13.2. The molecule has 6 amide bonds. The summed E-state index contributed by atoms with van der Waals surface area (Å²) >= 11 is 30.0. The van der Waals surface area contributed by atoms with Gasteiger partial charge in [0, 0.05) is 130 Å². The first-order chi connectivity index (χ1) is 60.9. The first-order valence-corrected chi connectivity index (χ1v) is 41.7. The molecular weight excluding hydrogens is 1700 g/mol. The number of rotatable bonds is 19. The van der Waals surface area contributed by atoms with Crippen molar-refractivity contribution in [3.8, 4) is 5.75 Å². The number of aryl methyl sites for hydroxylation is 3. The van der Waals surface area contributed by atoms with Gasteiger partial charge in [-0.15, -0.1) is 0 Å². The van der Waals surface area contributed by atoms with Crippen molar-refractivity contribution >= 4 is 159 Å². The van der Waals surface area contributed by atoms with Gasteiger partial charge in [-0.2, -0.15) is 0 Å². The number of aromatic nitrogens is 6. The van der Waals surface area contributed by atoms with Crippen LogP contribution in [0.5, 0.6) is 5.75 Å². The topological polar surface area (TPSA) is 279 Å². The van der Waals surface area contributed by atoms with Crippen LogP contribution in [0, 0.1) is 32.4 Å². The fourth-order valence-electron chi connectivity index (χ4n) is 13.3. The van der Waals surface area contributed by atoms with Gasteiger partial charge in [0.25, 0.3) is 35.4 Å². The van der Waals surface area contributed by atoms with Crippen molar-refractivity contribution in [3.63, 3.8) is 0 Å². The number of para-hydroxylation sites is 3. The number of hydrogen-bond acceptors (Lipinski definition) is 7. The van der Waals surface area contributed by atoms with Crippen LogP contribution in [0.25, 0.3) is 65.4 Å². The minimum Gasteiger partial charge on any atom is -0.497 e. The Balaban J connectivity index is 0.000000130. The monoisotopic (exact) mass is 1780 g/mol. The molecule has 18 rings (SSSR count). The molecule has 0 spiro atoms. The molecule has 0 saturated carbocycles. The second-order valence-electron chi connectivity index (χ2n) is 29.4. The molecule has 636 valence electrons. The van der Waals surface area contributed by atoms with Gasteiger partial charge in [-0.25, -0.2) is 8.78 Å². The van der Waals surface area contributed by atoms with Crippen LogP contribution >= 0.6 is 58.0 Å². The second kappa shape index (κ2) is 42.7. The Kier molecular flexibility index (Phi) is 30.4. The first-order valence-electron chi connectivity index (χ1n) is 39.8. The van der Waals surface area contributed by atoms with E-state index in [4.69, 9.17) is 62.7 Å². The highest BCUT2D eigenvalue weighted by atomic mass is 35.5. The Morgan fingerprint density at radius 2 is 0.611 bits per heavy atom. The third-order valence-electron chi connectivity index (χ3n) is 20.0. The van der Waals surface area contributed by atoms with Crippen molar-refractivity contribution in [3.05, 3.63) is 418 Å². The Hall–Kier alpha value is -14.2. The zero-order valence-electron chi connectivity index (χ0n) is 68.5. The summed E-state index contributed by atoms with van der Waals surface area (Å²) in [6, 6.07) is 90.0. The predicted octanol–water partition coefficient (Wildman–Crippen LogP) is 23.1. The molecular formula is C100H85Cl5F2N12O7. The number of aromatic amines is 6. The Morgan fingerprint density at radius 1 is 0.278 bits per heavy atom. The number of methoxy groups -OCH3 is 1. The molecule has 0 saturated heterocycles. The van der Waals surface area contributed by atoms with Gasteiger partial charge in [0.15, 0.2) is 0 Å². The quantitative estimate of drug-likeness (QED) is 0.0372. The summed E-state index contributed by atoms with van der Waals surface area (Å²) in [4.78, 5) is 91.3. The van der Waals surface area contributed by atoms with E-state index in [0.29, 0.717) is 104 Å². The van der Waals surface area contributed by atoms with E-state index in [-0.39, 0.29) is 47.1 Å². The van der Waals surface area contributed by atoms with E-state index >= 15 is 0 Å². The lowest BCUT2D eigenvalue weighted by Crippen LogP contribution is -2.23. The van der Waals surface area contributed by atoms with Crippen molar-refractivity contribution in [2.45, 2.75) is 60.0 Å². The molecule has 0 aliphatic carbocycles. The van der Waals surface area contributed by atoms with E-state index in [1.165, 1.54) is 24.3 Å². The summed E-state index contributed by atoms with van der Waals surface area (Å²) in [6.07, 6.45) is 0. The van der Waals surface area contributed by atoms with E-state index in [0.717, 1.165) is 116 Å². The van der Waals surface area contributed by atoms with Gasteiger partial charge >= 0.3 is 0 Å². The maximum atomic E-state index is 13.2. The van der Waals surface area contributed by atoms with Crippen LogP contribution in [0.15, 0.2) is 297 Å². The highest BCUT2D eigenvalue weighted by Crippen LogP contribution is 2.26. The molecule has 0 aliphatic rings. The highest BCUT2D eigenvalue weighted by Gasteiger charge is 2.17. The van der Waals surface area contributed by atoms with Crippen LogP contribution in [0.1, 0.15) is 113 Å². The van der Waals surface area contributed by atoms with Crippen LogP contribution < -0.4 is 36.6 Å². The Morgan fingerprint density at radius 3 is 1.03 bits per heavy atom. The third kappa shape index (κ3) is 25.1. The number of carbonyl (C=O) groups is 6. The van der Waals surface area contributed by atoms with Crippen LogP contribution in [0.3, 0.4) is 0 Å². The van der Waals surface area contributed by atoms with Gasteiger partial charge in [-0.05, 0) is 229 Å². The Bertz CT molecular complexity index is 6820. The van der Waals surface area contributed by atoms with Crippen LogP contribution in [-0.2, 0) is 39.3 Å². The molecule has 0 atom stereocenters. The lowest BCUT2D eigenvalue weighted by molar-refractivity contribution is 0.0939. The molecule has 0 aliphatic heterocycles. The minimum atomic E-state index is -0.323. The predicted molar refractivity (Wildman–Crippen MR) is 501 cm³/mol. The summed E-state index contributed by atoms with van der Waals surface area (Å²) in [6.45, 7) is 8.47. The second-order valence-corrected chi connectivity index (χ2v) is 31.5. The first kappa shape index (κ1) is 89.6. The molecule has 19 nitrogen and oxygen atoms in total. The molecule has 0 bridgehead atoms. The van der Waals surface area contributed by atoms with Gasteiger partial charge in [0.1, 0.15) is 51.5 Å². The van der Waals surface area contributed by atoms with Gasteiger partial charge in [0.2, 0.25) is 0 Å². The molecule has 26 heteroatoms. The number of amides is 6. The molecule has 18 aromatic rings. The minimum absolute atomic E-state index is 0.122. The van der Waals surface area contributed by atoms with Crippen molar-refractivity contribution in [2.75, 3.05) is 7.11 Å². The number of ether oxygens (including phenoxy) is 1. The van der Waals surface area contributed by atoms with Crippen LogP contribution in [0.2, 0.25) is 25.1 Å². The summed E-state index contributed by atoms with van der Waals surface area (Å²) in [5, 5.41) is 26.2. The molecule has 12 aromatic carbocycles. The van der Waals surface area contributed by atoms with Gasteiger partial charge < -0.3 is 66.5 Å². The number of H-pyrrole nitrogens is 6. The molecule has 12 N–H and O–H groups in total. The van der Waals surface area contributed by atoms with Crippen molar-refractivity contribution < 1.29 is 42.3 Å². The number of carbonyl (C=O) groups excluding carboxylic acids is 6. The summed E-state index contributed by atoms with van der Waals surface area (Å²) in [5.41, 5.74) is 17.5. The van der Waals surface area contributed by atoms with Crippen molar-refractivity contribution in [1.29, 1.82) is 0 Å². The van der Waals surface area contributed by atoms with Gasteiger partial charge in [-0.3, -0.25) is 28.8 Å². The van der Waals surface area contributed by atoms with Gasteiger partial charge in [-0.1, -0.05) is 197 Å². The van der Waals surface area contributed by atoms with Crippen LogP contribution in [-0.4, -0.2) is 72.5 Å². The summed E-state index contributed by atoms with van der Waals surface area (Å²) < 4.78 is 31.0. The number of nitrogens with one attached hydrogen (secondary N) is 12. The molecule has 126 heavy (non-hydrogen) atoms. The van der Waals surface area contributed by atoms with E-state index in [9.17, 15) is 37.5 Å². The van der Waals surface area contributed by atoms with E-state index in [2.05, 4.69) is 61.8 Å². The van der Waals surface area contributed by atoms with Gasteiger partial charge in [0.05, 0.1) is 7.11 Å². The fraction of sp³-hybridized carbons (Fsp3) is 0.100. The average molecular weight is 1780 g/mol. The molecule has 0 radical (unpaired) electrons. The average Bonchev–Trinajstić information content (AvgIpc) is 1.61. The lowest BCUT2D eigenvalue weighted by Gasteiger charge is -2.06. The molecule has 6 heterocycles. The zero-order valence-corrected chi connectivity index (χ0v) is 72.3. The number of halogens is 7. The van der Waals surface area contributed by atoms with E-state index in [1.54, 1.807) is 49.6 Å². The van der Waals surface area contributed by atoms with Crippen molar-refractivity contribution in [2.24, 2.45) is 0 Å². The SMILES string of the molecule is COc1ccc(CNC(=O)c2cc3cc(F)ccc3[nH]2)cc1.Cc1ccc(CNC(=O)c2cc3ccccc3[nH]2)c(Cl)c1.Cc1ccc(CNC(=O)c2cc3ccccc3[nH]2)cc1Cl.Cc1ccc2[nH]c(C(=O)NCc3ccc(F)cc3)cc2c1.O=C(NCc1cccc(Cl)c1)c1cc2cc(Cl)ccc2[nH]1.O=C(NCc1cccc(Cl)c1)c1cc2ccccc2[nH]1. The summed E-state index contributed by atoms with van der Waals surface area (Å²) in [7, 11) is 1.61. The highest BCUT2D eigenvalue weighted by molar-refractivity contribution is 6.32. The lowest BCUT2D eigenvalue weighted by atomic mass is 10.1. The normalized spacial score (nSPS) is 10.7. The Labute approximate surface area is 749 Å². The van der Waals surface area contributed by atoms with E-state index in [1.807, 2.05) is 251 Å². The number of fused-ring (bicyclic) bond motifs is 6. The van der Waals surface area contributed by atoms with E-state index < -0.39 is 0 Å². The van der Waals surface area contributed by atoms with Crippen molar-refractivity contribution in [1.82, 2.24) is 61.8 Å². The smallest absolute Gasteiger partial charge is 0.267 e. The zero-order chi connectivity index (χ0) is 88.8. The summed E-state index contributed by atoms with van der Waals surface area (Å²) in [5.74, 6) is -0.782. The number of benzene rings is 12. The largest absolute Gasteiger partial charge is 0.497 e. The number of hydrogen-bond donors (Lipinski definition) is 12. The molecule has 0 fully saturated rings. The third-order valence-corrected chi connectivity index (χ3v) is 21.5. The standard InChI is InChI=1S/2C17H15ClN2O.C17H15FN2O2.C17H15FN2O.C16H12Cl2N2O.C16H13ClN2O/c1-11-6-7-12(8-14(11)18)10-19-17(21)16-9-13-4-2-3-5-15(13)20-16;1-11-6-7-13(14(18)8-11)10-19-17(21)16-9-12-4-2-3-5-15(12)20-16;1-22-14-5-2-11(3-6-14)10-19-17(21)16-9-12-8-13(18)4-7-15(12)20-16;1-11-2-7-15-13(8-11)9-16(20-15)17(21)19-10-12-3-5-14(18)6-4-12;17-12-3-1-2-10(6-12)9-19-16(21)15-8-11-7-13(18)4-5-14(11)20-15;17-13-6-3-4-11(8-13)10-18-16(20)15-9-12-5-1-2-7-14(12)19-15/h2*2-9,20H,10H2,1H3,(H,19,21);2-9,20H,10H2,1H3,(H,19,21);2-9,20H,10H2,1H3,(H,19,21);1-8,20H,9H2,(H,19,21);1-9,19H,10H2,(H,18,20). The maximum Gasteiger partial charge on any atom is 0.267 e. The van der Waals surface area contributed by atoms with Crippen LogP contribution in [0.4, 0.5) is 8.78 Å². The molecule has 0 unspecified atom stereocenters.